The molecule has 2 fully saturated rings. The lowest BCUT2D eigenvalue weighted by atomic mass is 9.82. The number of hydrazone groups is 1. The molecule has 2 aliphatic rings. The van der Waals surface area contributed by atoms with Gasteiger partial charge >= 0.3 is 0 Å². The molecule has 1 heterocycles. The van der Waals surface area contributed by atoms with Crippen molar-refractivity contribution in [2.45, 2.75) is 111 Å². The van der Waals surface area contributed by atoms with Crippen molar-refractivity contribution in [2.24, 2.45) is 28.0 Å². The van der Waals surface area contributed by atoms with E-state index >= 15 is 0 Å². The molecule has 0 aliphatic heterocycles. The van der Waals surface area contributed by atoms with E-state index in [1.54, 1.807) is 0 Å². The summed E-state index contributed by atoms with van der Waals surface area (Å²) < 4.78 is 2.42. The number of hydrogen-bond donors (Lipinski definition) is 3. The summed E-state index contributed by atoms with van der Waals surface area (Å²) in [6.45, 7) is 16.5. The summed E-state index contributed by atoms with van der Waals surface area (Å²) >= 11 is 0. The van der Waals surface area contributed by atoms with E-state index in [2.05, 4.69) is 73.9 Å². The summed E-state index contributed by atoms with van der Waals surface area (Å²) in [5.74, 6) is 6.31. The smallest absolute Gasteiger partial charge is 0.253 e. The first-order chi connectivity index (χ1) is 17.7. The normalized spacial score (nSPS) is 18.4. The van der Waals surface area contributed by atoms with Crippen molar-refractivity contribution < 1.29 is 4.79 Å². The Kier molecular flexibility index (Phi) is 7.75. The van der Waals surface area contributed by atoms with Gasteiger partial charge in [-0.3, -0.25) is 4.79 Å². The Balaban J connectivity index is 1.76. The van der Waals surface area contributed by atoms with Gasteiger partial charge in [0.25, 0.3) is 5.91 Å². The van der Waals surface area contributed by atoms with Crippen molar-refractivity contribution in [3.63, 3.8) is 0 Å². The average Bonchev–Trinajstić information content (AvgIpc) is 3.56. The van der Waals surface area contributed by atoms with Crippen LogP contribution in [0.25, 0.3) is 11.3 Å². The molecule has 208 valence electrons. The third-order valence-electron chi connectivity index (χ3n) is 9.09. The second-order valence-electron chi connectivity index (χ2n) is 13.8. The number of benzene rings is 1. The molecule has 5 N–H and O–H groups in total. The minimum Gasteiger partial charge on any atom is -0.385 e. The molecule has 2 saturated carbocycles. The average molecular weight is 520 g/mol. The van der Waals surface area contributed by atoms with Crippen molar-refractivity contribution in [1.82, 2.24) is 9.88 Å². The van der Waals surface area contributed by atoms with Gasteiger partial charge in [-0.2, -0.15) is 5.10 Å². The Morgan fingerprint density at radius 3 is 2.32 bits per heavy atom. The first-order valence-electron chi connectivity index (χ1n) is 14.4. The maximum absolute atomic E-state index is 13.5. The molecule has 38 heavy (non-hydrogen) atoms. The van der Waals surface area contributed by atoms with Crippen LogP contribution in [0.1, 0.15) is 114 Å². The van der Waals surface area contributed by atoms with Crippen LogP contribution in [0.5, 0.6) is 0 Å². The highest BCUT2D eigenvalue weighted by atomic mass is 16.1. The van der Waals surface area contributed by atoms with E-state index in [1.807, 2.05) is 13.8 Å². The third kappa shape index (κ3) is 5.94. The van der Waals surface area contributed by atoms with Crippen molar-refractivity contribution in [1.29, 1.82) is 0 Å². The zero-order valence-electron chi connectivity index (χ0n) is 24.7. The fraction of sp³-hybridized carbons (Fsp3) is 0.625. The molecule has 4 rings (SSSR count). The molecule has 0 saturated heterocycles. The number of rotatable bonds is 8. The highest BCUT2D eigenvalue weighted by Crippen LogP contribution is 2.49. The summed E-state index contributed by atoms with van der Waals surface area (Å²) in [5.41, 5.74) is 12.7. The molecule has 2 aliphatic carbocycles. The number of amides is 1. The van der Waals surface area contributed by atoms with Crippen LogP contribution < -0.4 is 16.9 Å². The number of hydrogen-bond acceptors (Lipinski definition) is 3. The maximum Gasteiger partial charge on any atom is 0.253 e. The zero-order valence-corrected chi connectivity index (χ0v) is 24.7. The van der Waals surface area contributed by atoms with Gasteiger partial charge in [-0.15, -0.1) is 0 Å². The molecule has 0 radical (unpaired) electrons. The number of nitrogens with two attached hydrogens (primary N) is 2. The number of aromatic nitrogens is 1. The Labute approximate surface area is 229 Å². The monoisotopic (exact) mass is 519 g/mol. The van der Waals surface area contributed by atoms with E-state index in [-0.39, 0.29) is 16.7 Å². The number of carbonyl (C=O) groups excluding carboxylic acids is 1. The molecule has 1 aromatic heterocycles. The van der Waals surface area contributed by atoms with Crippen LogP contribution in [0.15, 0.2) is 29.4 Å². The largest absolute Gasteiger partial charge is 0.385 e. The summed E-state index contributed by atoms with van der Waals surface area (Å²) in [4.78, 5) is 13.5. The predicted molar refractivity (Wildman–Crippen MR) is 158 cm³/mol. The molecule has 0 unspecified atom stereocenters. The van der Waals surface area contributed by atoms with E-state index in [4.69, 9.17) is 11.6 Å². The van der Waals surface area contributed by atoms with E-state index in [0.717, 1.165) is 23.5 Å². The molecule has 2 aromatic rings. The van der Waals surface area contributed by atoms with Crippen LogP contribution in [0.2, 0.25) is 0 Å². The van der Waals surface area contributed by atoms with Gasteiger partial charge < -0.3 is 21.5 Å². The molecular formula is C32H49N5O. The molecule has 0 bridgehead atoms. The van der Waals surface area contributed by atoms with Crippen LogP contribution in [-0.2, 0) is 17.4 Å². The highest BCUT2D eigenvalue weighted by molar-refractivity contribution is 5.97. The van der Waals surface area contributed by atoms with Gasteiger partial charge in [0.1, 0.15) is 5.84 Å². The van der Waals surface area contributed by atoms with Crippen LogP contribution in [-0.4, -0.2) is 22.9 Å². The van der Waals surface area contributed by atoms with Gasteiger partial charge in [0, 0.05) is 29.9 Å². The Morgan fingerprint density at radius 1 is 1.08 bits per heavy atom. The van der Waals surface area contributed by atoms with Crippen LogP contribution >= 0.6 is 0 Å². The van der Waals surface area contributed by atoms with Crippen LogP contribution in [0.4, 0.5) is 0 Å². The van der Waals surface area contributed by atoms with E-state index in [0.29, 0.717) is 18.3 Å². The molecule has 6 heteroatoms. The molecule has 1 aromatic carbocycles. The minimum atomic E-state index is -0.526. The lowest BCUT2D eigenvalue weighted by molar-refractivity contribution is 0.0944. The summed E-state index contributed by atoms with van der Waals surface area (Å²) in [6, 6.07) is 9.26. The Morgan fingerprint density at radius 2 is 1.74 bits per heavy atom. The molecular weight excluding hydrogens is 470 g/mol. The number of carbonyl (C=O) groups is 1. The van der Waals surface area contributed by atoms with Crippen molar-refractivity contribution in [3.05, 3.63) is 46.6 Å². The van der Waals surface area contributed by atoms with E-state index in [9.17, 15) is 4.79 Å². The fourth-order valence-electron chi connectivity index (χ4n) is 5.67. The van der Waals surface area contributed by atoms with Gasteiger partial charge in [-0.25, -0.2) is 0 Å². The Hall–Kier alpha value is -2.76. The standard InChI is InChI=1S/C32H49N5O/c1-21-26(28(38)35-20-31(5,6)29(33)36-34)18-27(37(21)19-22-11-9-8-10-12-22)23-15-24(30(2,3)4)17-25(16-23)32(7)13-14-32/h15-18,22H,8-14,19-20,34H2,1-7H3,(H2,33,36)(H,35,38). The highest BCUT2D eigenvalue weighted by Gasteiger charge is 2.40. The first-order valence-corrected chi connectivity index (χ1v) is 14.4. The van der Waals surface area contributed by atoms with Crippen molar-refractivity contribution in [3.8, 4) is 11.3 Å². The molecule has 1 amide bonds. The maximum atomic E-state index is 13.5. The molecule has 6 nitrogen and oxygen atoms in total. The summed E-state index contributed by atoms with van der Waals surface area (Å²) in [7, 11) is 0. The van der Waals surface area contributed by atoms with Crippen molar-refractivity contribution in [2.75, 3.05) is 6.54 Å². The van der Waals surface area contributed by atoms with E-state index in [1.165, 1.54) is 61.6 Å². The second-order valence-corrected chi connectivity index (χ2v) is 13.8. The number of nitrogens with one attached hydrogen (secondary N) is 1. The number of amidine groups is 1. The minimum absolute atomic E-state index is 0.0438. The zero-order chi connectivity index (χ0) is 27.9. The van der Waals surface area contributed by atoms with Gasteiger partial charge in [-0.1, -0.05) is 66.9 Å². The fourth-order valence-corrected chi connectivity index (χ4v) is 5.67. The van der Waals surface area contributed by atoms with Gasteiger partial charge in [0.05, 0.1) is 5.56 Å². The summed E-state index contributed by atoms with van der Waals surface area (Å²) in [6.07, 6.45) is 8.93. The van der Waals surface area contributed by atoms with Gasteiger partial charge in [0.2, 0.25) is 0 Å². The second kappa shape index (κ2) is 10.4. The quantitative estimate of drug-likeness (QED) is 0.163. The lowest BCUT2D eigenvalue weighted by Crippen LogP contribution is -2.43. The first kappa shape index (κ1) is 28.3. The van der Waals surface area contributed by atoms with Gasteiger partial charge in [-0.05, 0) is 84.2 Å². The van der Waals surface area contributed by atoms with Gasteiger partial charge in [0.15, 0.2) is 0 Å². The SMILES string of the molecule is Cc1c(C(=O)NCC(C)(C)/C(N)=N/N)cc(-c2cc(C(C)(C)C)cc(C3(C)CC3)c2)n1CC1CCCCC1. The number of nitrogens with zero attached hydrogens (tertiary/aromatic N) is 2. The van der Waals surface area contributed by atoms with E-state index < -0.39 is 5.41 Å². The van der Waals surface area contributed by atoms with Crippen molar-refractivity contribution >= 4 is 11.7 Å². The lowest BCUT2D eigenvalue weighted by Gasteiger charge is -2.26. The predicted octanol–water partition coefficient (Wildman–Crippen LogP) is 6.38. The third-order valence-corrected chi connectivity index (χ3v) is 9.09. The van der Waals surface area contributed by atoms with Crippen LogP contribution in [0, 0.1) is 18.3 Å². The summed E-state index contributed by atoms with van der Waals surface area (Å²) in [5, 5.41) is 6.75. The topological polar surface area (TPSA) is 98.4 Å². The molecule has 0 spiro atoms. The van der Waals surface area contributed by atoms with Crippen LogP contribution in [0.3, 0.4) is 0 Å². The molecule has 0 atom stereocenters. The Bertz CT molecular complexity index is 1180.